The summed E-state index contributed by atoms with van der Waals surface area (Å²) in [5, 5.41) is 5.85. The van der Waals surface area contributed by atoms with E-state index in [2.05, 4.69) is 10.6 Å². The molecule has 1 fully saturated rings. The van der Waals surface area contributed by atoms with Gasteiger partial charge in [0, 0.05) is 18.5 Å². The molecule has 0 radical (unpaired) electrons. The number of hydrogen-bond acceptors (Lipinski definition) is 3. The van der Waals surface area contributed by atoms with E-state index in [1.165, 1.54) is 6.42 Å². The molecule has 0 unspecified atom stereocenters. The van der Waals surface area contributed by atoms with Crippen molar-refractivity contribution in [2.24, 2.45) is 11.1 Å². The van der Waals surface area contributed by atoms with Gasteiger partial charge in [-0.25, -0.2) is 0 Å². The lowest BCUT2D eigenvalue weighted by molar-refractivity contribution is -0.118. The number of amides is 2. The van der Waals surface area contributed by atoms with Gasteiger partial charge in [0.05, 0.1) is 11.3 Å². The first-order valence-corrected chi connectivity index (χ1v) is 8.39. The van der Waals surface area contributed by atoms with E-state index in [0.29, 0.717) is 29.2 Å². The van der Waals surface area contributed by atoms with Crippen molar-refractivity contribution in [1.82, 2.24) is 5.32 Å². The highest BCUT2D eigenvalue weighted by Gasteiger charge is 2.33. The van der Waals surface area contributed by atoms with Crippen LogP contribution < -0.4 is 16.4 Å². The molecule has 1 aromatic carbocycles. The summed E-state index contributed by atoms with van der Waals surface area (Å²) in [4.78, 5) is 24.4. The van der Waals surface area contributed by atoms with Crippen LogP contribution in [0.5, 0.6) is 0 Å². The summed E-state index contributed by atoms with van der Waals surface area (Å²) >= 11 is 5.95. The lowest BCUT2D eigenvalue weighted by Crippen LogP contribution is -2.36. The van der Waals surface area contributed by atoms with E-state index >= 15 is 0 Å². The van der Waals surface area contributed by atoms with Gasteiger partial charge in [-0.05, 0) is 43.0 Å². The van der Waals surface area contributed by atoms with Crippen molar-refractivity contribution < 1.29 is 9.59 Å². The van der Waals surface area contributed by atoms with Crippen LogP contribution in [0.1, 0.15) is 48.9 Å². The molecule has 126 valence electrons. The van der Waals surface area contributed by atoms with Gasteiger partial charge in [0.15, 0.2) is 0 Å². The minimum Gasteiger partial charge on any atom is -0.355 e. The molecule has 4 N–H and O–H groups in total. The minimum atomic E-state index is -0.283. The Morgan fingerprint density at radius 2 is 1.96 bits per heavy atom. The quantitative estimate of drug-likeness (QED) is 0.772. The summed E-state index contributed by atoms with van der Waals surface area (Å²) < 4.78 is 0. The molecule has 2 amide bonds. The van der Waals surface area contributed by atoms with Gasteiger partial charge in [0.1, 0.15) is 0 Å². The van der Waals surface area contributed by atoms with Gasteiger partial charge in [-0.15, -0.1) is 0 Å². The fourth-order valence-electron chi connectivity index (χ4n) is 3.24. The van der Waals surface area contributed by atoms with Gasteiger partial charge in [0.2, 0.25) is 5.91 Å². The maximum atomic E-state index is 12.5. The van der Waals surface area contributed by atoms with Gasteiger partial charge in [-0.3, -0.25) is 9.59 Å². The smallest absolute Gasteiger partial charge is 0.253 e. The van der Waals surface area contributed by atoms with Crippen LogP contribution in [0.2, 0.25) is 5.02 Å². The number of benzene rings is 1. The molecule has 1 aromatic rings. The maximum absolute atomic E-state index is 12.5. The molecule has 0 aliphatic heterocycles. The second kappa shape index (κ2) is 7.79. The average molecular weight is 338 g/mol. The highest BCUT2D eigenvalue weighted by atomic mass is 35.5. The Kier molecular flexibility index (Phi) is 6.02. The van der Waals surface area contributed by atoms with Crippen LogP contribution in [0.4, 0.5) is 5.69 Å². The van der Waals surface area contributed by atoms with Crippen molar-refractivity contribution in [3.63, 3.8) is 0 Å². The number of anilines is 1. The molecule has 1 saturated carbocycles. The Morgan fingerprint density at radius 3 is 2.57 bits per heavy atom. The SMILES string of the molecule is CNC(=O)c1cc(Cl)ccc1NC(=O)CC1(CN)CCCCC1. The number of rotatable bonds is 5. The summed E-state index contributed by atoms with van der Waals surface area (Å²) in [6, 6.07) is 4.86. The topological polar surface area (TPSA) is 84.2 Å². The van der Waals surface area contributed by atoms with Crippen molar-refractivity contribution in [2.75, 3.05) is 18.9 Å². The van der Waals surface area contributed by atoms with Crippen molar-refractivity contribution in [3.8, 4) is 0 Å². The van der Waals surface area contributed by atoms with E-state index in [4.69, 9.17) is 17.3 Å². The van der Waals surface area contributed by atoms with Gasteiger partial charge in [-0.1, -0.05) is 30.9 Å². The molecular weight excluding hydrogens is 314 g/mol. The molecule has 5 nitrogen and oxygen atoms in total. The van der Waals surface area contributed by atoms with Crippen LogP contribution in [0.15, 0.2) is 18.2 Å². The zero-order valence-electron chi connectivity index (χ0n) is 13.5. The fraction of sp³-hybridized carbons (Fsp3) is 0.529. The lowest BCUT2D eigenvalue weighted by atomic mass is 9.71. The first-order valence-electron chi connectivity index (χ1n) is 8.01. The van der Waals surface area contributed by atoms with E-state index in [1.54, 1.807) is 25.2 Å². The third-order valence-corrected chi connectivity index (χ3v) is 4.85. The van der Waals surface area contributed by atoms with Crippen molar-refractivity contribution in [2.45, 2.75) is 38.5 Å². The summed E-state index contributed by atoms with van der Waals surface area (Å²) in [6.07, 6.45) is 5.81. The van der Waals surface area contributed by atoms with E-state index in [0.717, 1.165) is 25.7 Å². The number of nitrogens with one attached hydrogen (secondary N) is 2. The molecule has 0 spiro atoms. The third-order valence-electron chi connectivity index (χ3n) is 4.61. The molecule has 2 rings (SSSR count). The first kappa shape index (κ1) is 17.8. The van der Waals surface area contributed by atoms with Crippen molar-refractivity contribution in [1.29, 1.82) is 0 Å². The Bertz CT molecular complexity index is 583. The van der Waals surface area contributed by atoms with Crippen molar-refractivity contribution >= 4 is 29.1 Å². The molecule has 0 bridgehead atoms. The molecule has 0 saturated heterocycles. The highest BCUT2D eigenvalue weighted by molar-refractivity contribution is 6.31. The Hall–Kier alpha value is -1.59. The highest BCUT2D eigenvalue weighted by Crippen LogP contribution is 2.38. The normalized spacial score (nSPS) is 16.7. The second-order valence-corrected chi connectivity index (χ2v) is 6.70. The Labute approximate surface area is 142 Å². The number of carbonyl (C=O) groups is 2. The third kappa shape index (κ3) is 4.45. The number of carbonyl (C=O) groups excluding carboxylic acids is 2. The summed E-state index contributed by atoms with van der Waals surface area (Å²) in [5.74, 6) is -0.390. The molecule has 1 aliphatic carbocycles. The number of nitrogens with two attached hydrogens (primary N) is 1. The zero-order chi connectivity index (χ0) is 16.9. The van der Waals surface area contributed by atoms with Gasteiger partial charge >= 0.3 is 0 Å². The van der Waals surface area contributed by atoms with E-state index in [1.807, 2.05) is 0 Å². The van der Waals surface area contributed by atoms with Crippen LogP contribution in [0.3, 0.4) is 0 Å². The van der Waals surface area contributed by atoms with E-state index in [-0.39, 0.29) is 17.2 Å². The molecule has 1 aliphatic rings. The van der Waals surface area contributed by atoms with E-state index < -0.39 is 0 Å². The van der Waals surface area contributed by atoms with Crippen LogP contribution in [0, 0.1) is 5.41 Å². The summed E-state index contributed by atoms with van der Waals surface area (Å²) in [6.45, 7) is 0.517. The minimum absolute atomic E-state index is 0.107. The molecule has 0 heterocycles. The molecule has 23 heavy (non-hydrogen) atoms. The number of halogens is 1. The molecule has 0 atom stereocenters. The summed E-state index contributed by atoms with van der Waals surface area (Å²) in [5.41, 5.74) is 6.66. The Morgan fingerprint density at radius 1 is 1.26 bits per heavy atom. The maximum Gasteiger partial charge on any atom is 0.253 e. The van der Waals surface area contributed by atoms with Crippen LogP contribution in [-0.2, 0) is 4.79 Å². The predicted molar refractivity (Wildman–Crippen MR) is 92.7 cm³/mol. The fourth-order valence-corrected chi connectivity index (χ4v) is 3.41. The standard InChI is InChI=1S/C17H24ClN3O2/c1-20-16(23)13-9-12(18)5-6-14(13)21-15(22)10-17(11-19)7-3-2-4-8-17/h5-6,9H,2-4,7-8,10-11,19H2,1H3,(H,20,23)(H,21,22). The molecule has 6 heteroatoms. The zero-order valence-corrected chi connectivity index (χ0v) is 14.2. The monoisotopic (exact) mass is 337 g/mol. The lowest BCUT2D eigenvalue weighted by Gasteiger charge is -2.35. The van der Waals surface area contributed by atoms with Crippen LogP contribution in [-0.4, -0.2) is 25.4 Å². The molecule has 0 aromatic heterocycles. The largest absolute Gasteiger partial charge is 0.355 e. The first-order chi connectivity index (χ1) is 11.0. The van der Waals surface area contributed by atoms with Crippen molar-refractivity contribution in [3.05, 3.63) is 28.8 Å². The van der Waals surface area contributed by atoms with Crippen LogP contribution in [0.25, 0.3) is 0 Å². The molecular formula is C17H24ClN3O2. The second-order valence-electron chi connectivity index (χ2n) is 6.26. The summed E-state index contributed by atoms with van der Waals surface area (Å²) in [7, 11) is 1.54. The predicted octanol–water partition coefficient (Wildman–Crippen LogP) is 2.94. The Balaban J connectivity index is 2.12. The van der Waals surface area contributed by atoms with Gasteiger partial charge in [0.25, 0.3) is 5.91 Å². The number of hydrogen-bond donors (Lipinski definition) is 3. The van der Waals surface area contributed by atoms with E-state index in [9.17, 15) is 9.59 Å². The van der Waals surface area contributed by atoms with Gasteiger partial charge < -0.3 is 16.4 Å². The van der Waals surface area contributed by atoms with Gasteiger partial charge in [-0.2, -0.15) is 0 Å². The van der Waals surface area contributed by atoms with Crippen LogP contribution >= 0.6 is 11.6 Å². The average Bonchev–Trinajstić information content (AvgIpc) is 2.56.